The van der Waals surface area contributed by atoms with Crippen molar-refractivity contribution in [1.29, 1.82) is 0 Å². The zero-order chi connectivity index (χ0) is 15.4. The molecule has 0 radical (unpaired) electrons. The van der Waals surface area contributed by atoms with Crippen LogP contribution in [-0.4, -0.2) is 22.6 Å². The van der Waals surface area contributed by atoms with E-state index in [1.807, 2.05) is 0 Å². The van der Waals surface area contributed by atoms with E-state index in [-0.39, 0.29) is 28.0 Å². The maximum atomic E-state index is 13.5. The Labute approximate surface area is 129 Å². The van der Waals surface area contributed by atoms with Gasteiger partial charge in [0.05, 0.1) is 10.6 Å². The minimum absolute atomic E-state index is 0.0735. The maximum absolute atomic E-state index is 13.5. The summed E-state index contributed by atoms with van der Waals surface area (Å²) >= 11 is 11.5. The molecule has 108 valence electrons. The van der Waals surface area contributed by atoms with Crippen LogP contribution in [0.4, 0.5) is 10.1 Å². The average molecular weight is 327 g/mol. The van der Waals surface area contributed by atoms with Crippen LogP contribution >= 0.6 is 23.2 Å². The van der Waals surface area contributed by atoms with Crippen molar-refractivity contribution in [2.45, 2.75) is 0 Å². The Morgan fingerprint density at radius 1 is 1.38 bits per heavy atom. The zero-order valence-electron chi connectivity index (χ0n) is 10.5. The summed E-state index contributed by atoms with van der Waals surface area (Å²) in [6.07, 6.45) is 0. The number of nitrogens with one attached hydrogen (secondary N) is 2. The van der Waals surface area contributed by atoms with Crippen LogP contribution in [0, 0.1) is 17.7 Å². The lowest BCUT2D eigenvalue weighted by Gasteiger charge is -2.05. The van der Waals surface area contributed by atoms with Crippen LogP contribution in [0.15, 0.2) is 24.3 Å². The monoisotopic (exact) mass is 326 g/mol. The van der Waals surface area contributed by atoms with Crippen molar-refractivity contribution in [3.63, 3.8) is 0 Å². The second-order valence-corrected chi connectivity index (χ2v) is 4.74. The van der Waals surface area contributed by atoms with Gasteiger partial charge in [0, 0.05) is 5.69 Å². The van der Waals surface area contributed by atoms with Gasteiger partial charge in [-0.3, -0.25) is 4.79 Å². The second kappa shape index (κ2) is 6.64. The van der Waals surface area contributed by atoms with Gasteiger partial charge in [0.15, 0.2) is 0 Å². The lowest BCUT2D eigenvalue weighted by molar-refractivity contribution is 0.102. The highest BCUT2D eigenvalue weighted by Gasteiger charge is 2.12. The van der Waals surface area contributed by atoms with Crippen LogP contribution in [-0.2, 0) is 0 Å². The fraction of sp³-hybridized carbons (Fsp3) is 0.0714. The first-order chi connectivity index (χ1) is 10.0. The van der Waals surface area contributed by atoms with Crippen molar-refractivity contribution in [3.8, 4) is 11.8 Å². The number of carbonyl (C=O) groups is 1. The Morgan fingerprint density at radius 2 is 2.14 bits per heavy atom. The van der Waals surface area contributed by atoms with Gasteiger partial charge in [-0.2, -0.15) is 0 Å². The molecule has 0 spiro atoms. The molecule has 2 rings (SSSR count). The Kier molecular flexibility index (Phi) is 4.86. The molecule has 7 heteroatoms. The molecule has 0 saturated heterocycles. The molecule has 0 aliphatic rings. The summed E-state index contributed by atoms with van der Waals surface area (Å²) in [5.41, 5.74) is 0.604. The molecule has 3 N–H and O–H groups in total. The summed E-state index contributed by atoms with van der Waals surface area (Å²) in [5, 5.41) is 11.6. The molecule has 0 aliphatic heterocycles. The molecule has 21 heavy (non-hydrogen) atoms. The molecule has 1 aromatic heterocycles. The quantitative estimate of drug-likeness (QED) is 0.742. The zero-order valence-corrected chi connectivity index (χ0v) is 12.0. The fourth-order valence-corrected chi connectivity index (χ4v) is 1.87. The van der Waals surface area contributed by atoms with Crippen molar-refractivity contribution >= 4 is 34.8 Å². The third-order valence-corrected chi connectivity index (χ3v) is 3.19. The molecular weight excluding hydrogens is 318 g/mol. The number of H-pyrrole nitrogens is 1. The van der Waals surface area contributed by atoms with Gasteiger partial charge < -0.3 is 15.4 Å². The first-order valence-corrected chi connectivity index (χ1v) is 6.51. The number of aromatic nitrogens is 1. The van der Waals surface area contributed by atoms with Crippen LogP contribution in [0.1, 0.15) is 16.1 Å². The first kappa shape index (κ1) is 15.4. The van der Waals surface area contributed by atoms with E-state index >= 15 is 0 Å². The van der Waals surface area contributed by atoms with Gasteiger partial charge in [-0.1, -0.05) is 35.0 Å². The van der Waals surface area contributed by atoms with E-state index in [4.69, 9.17) is 28.3 Å². The molecule has 0 saturated carbocycles. The number of aromatic amines is 1. The minimum Gasteiger partial charge on any atom is -0.384 e. The standard InChI is InChI=1S/C14H9Cl2FN2O2/c15-10-7-12(19-13(10)16)14(21)18-9-3-4-11(17)8(6-9)2-1-5-20/h3-4,6-7,19-20H,5H2,(H,18,21). The lowest BCUT2D eigenvalue weighted by atomic mass is 10.2. The highest BCUT2D eigenvalue weighted by atomic mass is 35.5. The Morgan fingerprint density at radius 3 is 2.76 bits per heavy atom. The predicted octanol–water partition coefficient (Wildman–Crippen LogP) is 3.06. The van der Waals surface area contributed by atoms with Crippen LogP contribution in [0.5, 0.6) is 0 Å². The van der Waals surface area contributed by atoms with Gasteiger partial charge in [0.2, 0.25) is 0 Å². The van der Waals surface area contributed by atoms with E-state index < -0.39 is 11.7 Å². The van der Waals surface area contributed by atoms with Gasteiger partial charge in [-0.15, -0.1) is 0 Å². The average Bonchev–Trinajstić information content (AvgIpc) is 2.79. The van der Waals surface area contributed by atoms with Crippen LogP contribution < -0.4 is 5.32 Å². The van der Waals surface area contributed by atoms with Crippen LogP contribution in [0.25, 0.3) is 0 Å². The Balaban J connectivity index is 2.21. The van der Waals surface area contributed by atoms with Gasteiger partial charge in [-0.05, 0) is 24.3 Å². The van der Waals surface area contributed by atoms with Gasteiger partial charge in [-0.25, -0.2) is 4.39 Å². The smallest absolute Gasteiger partial charge is 0.272 e. The number of hydrogen-bond donors (Lipinski definition) is 3. The Bertz CT molecular complexity index is 728. The topological polar surface area (TPSA) is 65.1 Å². The molecular formula is C14H9Cl2FN2O2. The molecule has 0 unspecified atom stereocenters. The van der Waals surface area contributed by atoms with E-state index in [2.05, 4.69) is 22.1 Å². The van der Waals surface area contributed by atoms with Crippen molar-refractivity contribution in [2.75, 3.05) is 11.9 Å². The molecule has 2 aromatic rings. The van der Waals surface area contributed by atoms with Crippen molar-refractivity contribution in [3.05, 3.63) is 51.5 Å². The number of benzene rings is 1. The highest BCUT2D eigenvalue weighted by molar-refractivity contribution is 6.41. The number of halogens is 3. The molecule has 0 bridgehead atoms. The Hall–Kier alpha value is -2.00. The summed E-state index contributed by atoms with van der Waals surface area (Å²) in [5.74, 6) is 3.78. The van der Waals surface area contributed by atoms with Crippen LogP contribution in [0.2, 0.25) is 10.2 Å². The number of aliphatic hydroxyl groups excluding tert-OH is 1. The predicted molar refractivity (Wildman–Crippen MR) is 79.1 cm³/mol. The third-order valence-electron chi connectivity index (χ3n) is 2.50. The molecule has 0 atom stereocenters. The SMILES string of the molecule is O=C(Nc1ccc(F)c(C#CCO)c1)c1cc(Cl)c(Cl)[nH]1. The van der Waals surface area contributed by atoms with Gasteiger partial charge in [0.25, 0.3) is 5.91 Å². The number of aliphatic hydroxyl groups is 1. The molecule has 0 aliphatic carbocycles. The molecule has 0 fully saturated rings. The first-order valence-electron chi connectivity index (χ1n) is 5.76. The summed E-state index contributed by atoms with van der Waals surface area (Å²) < 4.78 is 13.5. The van der Waals surface area contributed by atoms with E-state index in [0.29, 0.717) is 5.69 Å². The van der Waals surface area contributed by atoms with Gasteiger partial charge in [0.1, 0.15) is 23.3 Å². The summed E-state index contributed by atoms with van der Waals surface area (Å²) in [6, 6.07) is 5.31. The van der Waals surface area contributed by atoms with Crippen molar-refractivity contribution in [1.82, 2.24) is 4.98 Å². The normalized spacial score (nSPS) is 9.90. The van der Waals surface area contributed by atoms with Gasteiger partial charge >= 0.3 is 0 Å². The number of hydrogen-bond acceptors (Lipinski definition) is 2. The summed E-state index contributed by atoms with van der Waals surface area (Å²) in [6.45, 7) is -0.379. The molecule has 1 heterocycles. The van der Waals surface area contributed by atoms with Crippen molar-refractivity contribution < 1.29 is 14.3 Å². The lowest BCUT2D eigenvalue weighted by Crippen LogP contribution is -2.12. The molecule has 1 aromatic carbocycles. The molecule has 1 amide bonds. The van der Waals surface area contributed by atoms with Crippen LogP contribution in [0.3, 0.4) is 0 Å². The van der Waals surface area contributed by atoms with E-state index in [9.17, 15) is 9.18 Å². The number of anilines is 1. The number of carbonyl (C=O) groups excluding carboxylic acids is 1. The molecule has 4 nitrogen and oxygen atoms in total. The second-order valence-electron chi connectivity index (χ2n) is 3.95. The fourth-order valence-electron chi connectivity index (χ4n) is 1.56. The van der Waals surface area contributed by atoms with E-state index in [1.165, 1.54) is 24.3 Å². The highest BCUT2D eigenvalue weighted by Crippen LogP contribution is 2.22. The summed E-state index contributed by atoms with van der Waals surface area (Å²) in [4.78, 5) is 14.6. The minimum atomic E-state index is -0.542. The third kappa shape index (κ3) is 3.76. The summed E-state index contributed by atoms with van der Waals surface area (Å²) in [7, 11) is 0. The van der Waals surface area contributed by atoms with Crippen molar-refractivity contribution in [2.24, 2.45) is 0 Å². The maximum Gasteiger partial charge on any atom is 0.272 e. The number of amides is 1. The largest absolute Gasteiger partial charge is 0.384 e. The van der Waals surface area contributed by atoms with E-state index in [0.717, 1.165) is 0 Å². The number of rotatable bonds is 2. The van der Waals surface area contributed by atoms with E-state index in [1.54, 1.807) is 0 Å².